The molecule has 0 saturated heterocycles. The highest BCUT2D eigenvalue weighted by Crippen LogP contribution is 2.14. The molecule has 1 aliphatic rings. The van der Waals surface area contributed by atoms with Crippen molar-refractivity contribution in [2.24, 2.45) is 4.99 Å². The molecular formula is C13H18N2. The second-order valence-electron chi connectivity index (χ2n) is 4.11. The molecule has 1 aromatic carbocycles. The van der Waals surface area contributed by atoms with Gasteiger partial charge in [0.1, 0.15) is 0 Å². The molecule has 0 radical (unpaired) electrons. The number of aliphatic imine (C=N–C) groups is 1. The van der Waals surface area contributed by atoms with Gasteiger partial charge in [-0.15, -0.1) is 0 Å². The van der Waals surface area contributed by atoms with Gasteiger partial charge in [-0.3, -0.25) is 4.99 Å². The van der Waals surface area contributed by atoms with Crippen molar-refractivity contribution in [2.75, 3.05) is 13.1 Å². The first-order valence-electron chi connectivity index (χ1n) is 5.59. The van der Waals surface area contributed by atoms with E-state index in [0.717, 1.165) is 25.9 Å². The lowest BCUT2D eigenvalue weighted by Gasteiger charge is -2.08. The second kappa shape index (κ2) is 4.47. The molecule has 0 saturated carbocycles. The predicted octanol–water partition coefficient (Wildman–Crippen LogP) is 2.24. The van der Waals surface area contributed by atoms with E-state index in [0.29, 0.717) is 0 Å². The highest BCUT2D eigenvalue weighted by atomic mass is 15.1. The molecule has 2 nitrogen and oxygen atoms in total. The number of rotatable bonds is 3. The Kier molecular flexibility index (Phi) is 3.05. The lowest BCUT2D eigenvalue weighted by molar-refractivity contribution is 0.930. The van der Waals surface area contributed by atoms with Gasteiger partial charge in [0, 0.05) is 13.0 Å². The molecule has 1 aromatic rings. The van der Waals surface area contributed by atoms with Crippen LogP contribution < -0.4 is 5.32 Å². The Morgan fingerprint density at radius 1 is 1.27 bits per heavy atom. The Balaban J connectivity index is 2.01. The van der Waals surface area contributed by atoms with Crippen molar-refractivity contribution in [1.29, 1.82) is 0 Å². The SMILES string of the molecule is Cc1cccc(CCC2=NCCN2)c1C. The fourth-order valence-electron chi connectivity index (χ4n) is 1.95. The van der Waals surface area contributed by atoms with Gasteiger partial charge in [-0.25, -0.2) is 0 Å². The highest BCUT2D eigenvalue weighted by Gasteiger charge is 2.06. The van der Waals surface area contributed by atoms with E-state index < -0.39 is 0 Å². The Hall–Kier alpha value is -1.31. The van der Waals surface area contributed by atoms with Gasteiger partial charge < -0.3 is 5.32 Å². The summed E-state index contributed by atoms with van der Waals surface area (Å²) < 4.78 is 0. The molecule has 15 heavy (non-hydrogen) atoms. The van der Waals surface area contributed by atoms with Crippen molar-refractivity contribution in [1.82, 2.24) is 5.32 Å². The van der Waals surface area contributed by atoms with Crippen LogP contribution in [0.1, 0.15) is 23.1 Å². The molecule has 0 spiro atoms. The van der Waals surface area contributed by atoms with Crippen molar-refractivity contribution in [3.05, 3.63) is 34.9 Å². The fourth-order valence-corrected chi connectivity index (χ4v) is 1.95. The van der Waals surface area contributed by atoms with Crippen LogP contribution in [-0.4, -0.2) is 18.9 Å². The van der Waals surface area contributed by atoms with Crippen molar-refractivity contribution in [2.45, 2.75) is 26.7 Å². The first-order valence-corrected chi connectivity index (χ1v) is 5.59. The first-order chi connectivity index (χ1) is 7.27. The molecule has 0 atom stereocenters. The third-order valence-corrected chi connectivity index (χ3v) is 3.09. The monoisotopic (exact) mass is 202 g/mol. The van der Waals surface area contributed by atoms with E-state index in [1.54, 1.807) is 0 Å². The number of nitrogens with zero attached hydrogens (tertiary/aromatic N) is 1. The van der Waals surface area contributed by atoms with Crippen LogP contribution in [0, 0.1) is 13.8 Å². The van der Waals surface area contributed by atoms with Crippen LogP contribution in [0.5, 0.6) is 0 Å². The number of amidine groups is 1. The molecule has 2 rings (SSSR count). The zero-order valence-electron chi connectivity index (χ0n) is 9.51. The van der Waals surface area contributed by atoms with E-state index in [1.165, 1.54) is 22.5 Å². The average molecular weight is 202 g/mol. The Morgan fingerprint density at radius 3 is 2.87 bits per heavy atom. The lowest BCUT2D eigenvalue weighted by Crippen LogP contribution is -2.18. The molecule has 0 unspecified atom stereocenters. The number of hydrogen-bond acceptors (Lipinski definition) is 2. The molecule has 0 amide bonds. The van der Waals surface area contributed by atoms with Gasteiger partial charge in [0.15, 0.2) is 0 Å². The topological polar surface area (TPSA) is 24.4 Å². The zero-order chi connectivity index (χ0) is 10.7. The van der Waals surface area contributed by atoms with Crippen LogP contribution in [0.4, 0.5) is 0 Å². The maximum atomic E-state index is 4.41. The molecule has 80 valence electrons. The molecule has 0 aliphatic carbocycles. The van der Waals surface area contributed by atoms with E-state index >= 15 is 0 Å². The van der Waals surface area contributed by atoms with Gasteiger partial charge in [0.2, 0.25) is 0 Å². The molecule has 0 bridgehead atoms. The summed E-state index contributed by atoms with van der Waals surface area (Å²) in [6.07, 6.45) is 2.14. The molecule has 1 heterocycles. The maximum absolute atomic E-state index is 4.41. The van der Waals surface area contributed by atoms with Crippen LogP contribution in [0.25, 0.3) is 0 Å². The summed E-state index contributed by atoms with van der Waals surface area (Å²) in [7, 11) is 0. The van der Waals surface area contributed by atoms with E-state index in [4.69, 9.17) is 0 Å². The van der Waals surface area contributed by atoms with E-state index in [-0.39, 0.29) is 0 Å². The van der Waals surface area contributed by atoms with Crippen LogP contribution in [0.3, 0.4) is 0 Å². The summed E-state index contributed by atoms with van der Waals surface area (Å²) in [6.45, 7) is 6.34. The van der Waals surface area contributed by atoms with Gasteiger partial charge in [-0.2, -0.15) is 0 Å². The largest absolute Gasteiger partial charge is 0.372 e. The van der Waals surface area contributed by atoms with Crippen molar-refractivity contribution in [3.8, 4) is 0 Å². The predicted molar refractivity (Wildman–Crippen MR) is 64.5 cm³/mol. The van der Waals surface area contributed by atoms with Gasteiger partial charge in [0.05, 0.1) is 12.4 Å². The Morgan fingerprint density at radius 2 is 2.13 bits per heavy atom. The molecule has 2 heteroatoms. The normalized spacial score (nSPS) is 14.9. The zero-order valence-corrected chi connectivity index (χ0v) is 9.51. The maximum Gasteiger partial charge on any atom is 0.0967 e. The molecular weight excluding hydrogens is 184 g/mol. The van der Waals surface area contributed by atoms with Crippen LogP contribution in [-0.2, 0) is 6.42 Å². The van der Waals surface area contributed by atoms with Gasteiger partial charge in [0.25, 0.3) is 0 Å². The van der Waals surface area contributed by atoms with Crippen LogP contribution >= 0.6 is 0 Å². The quantitative estimate of drug-likeness (QED) is 0.798. The molecule has 1 aliphatic heterocycles. The average Bonchev–Trinajstić information content (AvgIpc) is 2.73. The Bertz CT molecular complexity index is 380. The summed E-state index contributed by atoms with van der Waals surface area (Å²) >= 11 is 0. The Labute approximate surface area is 91.4 Å². The first kappa shape index (κ1) is 10.2. The summed E-state index contributed by atoms with van der Waals surface area (Å²) in [6, 6.07) is 6.53. The van der Waals surface area contributed by atoms with E-state index in [9.17, 15) is 0 Å². The number of hydrogen-bond donors (Lipinski definition) is 1. The minimum Gasteiger partial charge on any atom is -0.372 e. The van der Waals surface area contributed by atoms with Gasteiger partial charge >= 0.3 is 0 Å². The second-order valence-corrected chi connectivity index (χ2v) is 4.11. The number of nitrogens with one attached hydrogen (secondary N) is 1. The third kappa shape index (κ3) is 2.38. The standard InChI is InChI=1S/C13H18N2/c1-10-4-3-5-12(11(10)2)6-7-13-14-8-9-15-13/h3-5H,6-9H2,1-2H3,(H,14,15). The smallest absolute Gasteiger partial charge is 0.0967 e. The van der Waals surface area contributed by atoms with Crippen molar-refractivity contribution >= 4 is 5.84 Å². The fraction of sp³-hybridized carbons (Fsp3) is 0.462. The summed E-state index contributed by atoms with van der Waals surface area (Å²) in [5.41, 5.74) is 4.26. The highest BCUT2D eigenvalue weighted by molar-refractivity contribution is 5.83. The van der Waals surface area contributed by atoms with Crippen molar-refractivity contribution in [3.63, 3.8) is 0 Å². The van der Waals surface area contributed by atoms with Gasteiger partial charge in [-0.1, -0.05) is 18.2 Å². The summed E-state index contributed by atoms with van der Waals surface area (Å²) in [4.78, 5) is 4.41. The summed E-state index contributed by atoms with van der Waals surface area (Å²) in [5, 5.41) is 3.31. The molecule has 1 N–H and O–H groups in total. The van der Waals surface area contributed by atoms with E-state index in [2.05, 4.69) is 42.4 Å². The molecule has 0 aromatic heterocycles. The number of aryl methyl sites for hydroxylation is 2. The van der Waals surface area contributed by atoms with Crippen LogP contribution in [0.2, 0.25) is 0 Å². The van der Waals surface area contributed by atoms with Crippen molar-refractivity contribution < 1.29 is 0 Å². The minimum atomic E-state index is 0.947. The summed E-state index contributed by atoms with van der Waals surface area (Å²) in [5.74, 6) is 1.18. The lowest BCUT2D eigenvalue weighted by atomic mass is 9.99. The van der Waals surface area contributed by atoms with Gasteiger partial charge in [-0.05, 0) is 37.0 Å². The van der Waals surface area contributed by atoms with Crippen LogP contribution in [0.15, 0.2) is 23.2 Å². The minimum absolute atomic E-state index is 0.947. The third-order valence-electron chi connectivity index (χ3n) is 3.09. The number of benzene rings is 1. The molecule has 0 fully saturated rings. The van der Waals surface area contributed by atoms with E-state index in [1.807, 2.05) is 0 Å².